The van der Waals surface area contributed by atoms with Gasteiger partial charge in [0.15, 0.2) is 11.5 Å². The van der Waals surface area contributed by atoms with E-state index in [1.165, 1.54) is 32.1 Å². The van der Waals surface area contributed by atoms with Crippen molar-refractivity contribution < 1.29 is 9.15 Å². The zero-order valence-electron chi connectivity index (χ0n) is 17.4. The molecule has 1 fully saturated rings. The van der Waals surface area contributed by atoms with E-state index in [1.807, 2.05) is 54.1 Å². The molecule has 1 N–H and O–H groups in total. The molecule has 0 bridgehead atoms. The first-order valence-electron chi connectivity index (χ1n) is 10.6. The molecule has 1 aliphatic carbocycles. The van der Waals surface area contributed by atoms with Gasteiger partial charge in [0.05, 0.1) is 30.5 Å². The average molecular weight is 402 g/mol. The van der Waals surface area contributed by atoms with Crippen LogP contribution in [0.25, 0.3) is 16.8 Å². The molecule has 2 aromatic heterocycles. The fourth-order valence-corrected chi connectivity index (χ4v) is 4.27. The fraction of sp³-hybridized carbons (Fsp3) is 0.333. The molecule has 0 saturated heterocycles. The maximum Gasteiger partial charge on any atom is 0.198 e. The lowest BCUT2D eigenvalue weighted by molar-refractivity contribution is 0.373. The van der Waals surface area contributed by atoms with Crippen molar-refractivity contribution in [3.8, 4) is 11.4 Å². The summed E-state index contributed by atoms with van der Waals surface area (Å²) in [7, 11) is 1.68. The van der Waals surface area contributed by atoms with E-state index in [0.717, 1.165) is 45.5 Å². The van der Waals surface area contributed by atoms with Gasteiger partial charge in [-0.05, 0) is 44.0 Å². The molecular formula is C24H26N4O2. The van der Waals surface area contributed by atoms with Crippen LogP contribution in [-0.4, -0.2) is 21.6 Å². The monoisotopic (exact) mass is 402 g/mol. The lowest BCUT2D eigenvalue weighted by atomic mass is 9.89. The van der Waals surface area contributed by atoms with E-state index in [2.05, 4.69) is 10.3 Å². The minimum Gasteiger partial charge on any atom is -0.494 e. The van der Waals surface area contributed by atoms with E-state index in [4.69, 9.17) is 14.1 Å². The van der Waals surface area contributed by atoms with Crippen molar-refractivity contribution in [2.75, 3.05) is 12.4 Å². The molecule has 1 aliphatic rings. The SMILES string of the molecule is COc1cc(Nc2cccc3oc(C4CCCCC4)nc23)ccc1-n1cnc(C)c1. The lowest BCUT2D eigenvalue weighted by Gasteiger charge is -2.17. The second kappa shape index (κ2) is 7.86. The number of hydrogen-bond donors (Lipinski definition) is 1. The van der Waals surface area contributed by atoms with E-state index >= 15 is 0 Å². The highest BCUT2D eigenvalue weighted by atomic mass is 16.5. The van der Waals surface area contributed by atoms with Gasteiger partial charge in [0.2, 0.25) is 0 Å². The Morgan fingerprint density at radius 3 is 2.77 bits per heavy atom. The van der Waals surface area contributed by atoms with Gasteiger partial charge in [-0.25, -0.2) is 9.97 Å². The normalized spacial score (nSPS) is 14.9. The quantitative estimate of drug-likeness (QED) is 0.435. The van der Waals surface area contributed by atoms with Crippen LogP contribution in [0.2, 0.25) is 0 Å². The molecule has 0 aliphatic heterocycles. The number of nitrogens with zero attached hydrogens (tertiary/aromatic N) is 3. The van der Waals surface area contributed by atoms with Gasteiger partial charge in [0.25, 0.3) is 0 Å². The second-order valence-electron chi connectivity index (χ2n) is 7.97. The van der Waals surface area contributed by atoms with Crippen LogP contribution in [0.4, 0.5) is 11.4 Å². The third-order valence-corrected chi connectivity index (χ3v) is 5.84. The summed E-state index contributed by atoms with van der Waals surface area (Å²) in [5, 5.41) is 3.49. The Hall–Kier alpha value is -3.28. The van der Waals surface area contributed by atoms with Crippen molar-refractivity contribution in [2.45, 2.75) is 44.9 Å². The van der Waals surface area contributed by atoms with E-state index in [1.54, 1.807) is 13.4 Å². The van der Waals surface area contributed by atoms with Crippen LogP contribution < -0.4 is 10.1 Å². The van der Waals surface area contributed by atoms with Crippen LogP contribution >= 0.6 is 0 Å². The number of ether oxygens (including phenoxy) is 1. The molecular weight excluding hydrogens is 376 g/mol. The Morgan fingerprint density at radius 2 is 2.00 bits per heavy atom. The van der Waals surface area contributed by atoms with Crippen molar-refractivity contribution in [1.82, 2.24) is 14.5 Å². The number of fused-ring (bicyclic) bond motifs is 1. The first-order valence-corrected chi connectivity index (χ1v) is 10.6. The molecule has 0 radical (unpaired) electrons. The Bertz CT molecular complexity index is 1170. The van der Waals surface area contributed by atoms with Crippen LogP contribution in [0.15, 0.2) is 53.3 Å². The highest BCUT2D eigenvalue weighted by Crippen LogP contribution is 2.36. The third kappa shape index (κ3) is 3.54. The summed E-state index contributed by atoms with van der Waals surface area (Å²) in [5.74, 6) is 2.09. The molecule has 0 amide bonds. The molecule has 4 aromatic rings. The third-order valence-electron chi connectivity index (χ3n) is 5.84. The van der Waals surface area contributed by atoms with Crippen molar-refractivity contribution in [3.05, 3.63) is 60.5 Å². The molecule has 6 nitrogen and oxygen atoms in total. The summed E-state index contributed by atoms with van der Waals surface area (Å²) in [4.78, 5) is 9.18. The summed E-state index contributed by atoms with van der Waals surface area (Å²) < 4.78 is 13.7. The lowest BCUT2D eigenvalue weighted by Crippen LogP contribution is -2.04. The smallest absolute Gasteiger partial charge is 0.198 e. The summed E-state index contributed by atoms with van der Waals surface area (Å²) in [6, 6.07) is 12.1. The summed E-state index contributed by atoms with van der Waals surface area (Å²) in [6.07, 6.45) is 9.95. The van der Waals surface area contributed by atoms with Gasteiger partial charge in [0, 0.05) is 23.9 Å². The van der Waals surface area contributed by atoms with Crippen LogP contribution in [-0.2, 0) is 0 Å². The van der Waals surface area contributed by atoms with Crippen molar-refractivity contribution in [2.24, 2.45) is 0 Å². The van der Waals surface area contributed by atoms with Gasteiger partial charge in [-0.15, -0.1) is 0 Å². The van der Waals surface area contributed by atoms with Gasteiger partial charge in [-0.3, -0.25) is 0 Å². The predicted octanol–water partition coefficient (Wildman–Crippen LogP) is 6.12. The summed E-state index contributed by atoms with van der Waals surface area (Å²) in [5.41, 5.74) is 5.49. The number of para-hydroxylation sites is 1. The van der Waals surface area contributed by atoms with E-state index < -0.39 is 0 Å². The molecule has 0 atom stereocenters. The highest BCUT2D eigenvalue weighted by Gasteiger charge is 2.21. The number of methoxy groups -OCH3 is 1. The zero-order valence-corrected chi connectivity index (χ0v) is 17.4. The second-order valence-corrected chi connectivity index (χ2v) is 7.97. The Labute approximate surface area is 175 Å². The van der Waals surface area contributed by atoms with Gasteiger partial charge in [-0.2, -0.15) is 0 Å². The molecule has 30 heavy (non-hydrogen) atoms. The van der Waals surface area contributed by atoms with Crippen LogP contribution in [0.3, 0.4) is 0 Å². The van der Waals surface area contributed by atoms with Crippen LogP contribution in [0, 0.1) is 6.92 Å². The molecule has 5 rings (SSSR count). The molecule has 1 saturated carbocycles. The topological polar surface area (TPSA) is 65.1 Å². The molecule has 0 spiro atoms. The fourth-order valence-electron chi connectivity index (χ4n) is 4.27. The molecule has 0 unspecified atom stereocenters. The predicted molar refractivity (Wildman–Crippen MR) is 118 cm³/mol. The Balaban J connectivity index is 1.45. The first kappa shape index (κ1) is 18.7. The first-order chi connectivity index (χ1) is 14.7. The molecule has 154 valence electrons. The van der Waals surface area contributed by atoms with Gasteiger partial charge in [0.1, 0.15) is 11.3 Å². The zero-order chi connectivity index (χ0) is 20.5. The summed E-state index contributed by atoms with van der Waals surface area (Å²) >= 11 is 0. The summed E-state index contributed by atoms with van der Waals surface area (Å²) in [6.45, 7) is 1.97. The number of aryl methyl sites for hydroxylation is 1. The standard InChI is InChI=1S/C24H26N4O2/c1-16-14-28(15-25-16)20-12-11-18(13-22(20)29-2)26-19-9-6-10-21-23(19)27-24(30-21)17-7-4-3-5-8-17/h6,9-15,17,26H,3-5,7-8H2,1-2H3. The average Bonchev–Trinajstić information content (AvgIpc) is 3.41. The minimum atomic E-state index is 0.442. The number of anilines is 2. The number of benzene rings is 2. The number of oxazole rings is 1. The van der Waals surface area contributed by atoms with E-state index in [0.29, 0.717) is 5.92 Å². The number of imidazole rings is 1. The van der Waals surface area contributed by atoms with Crippen molar-refractivity contribution in [1.29, 1.82) is 0 Å². The van der Waals surface area contributed by atoms with Crippen molar-refractivity contribution in [3.63, 3.8) is 0 Å². The number of rotatable bonds is 5. The highest BCUT2D eigenvalue weighted by molar-refractivity contribution is 5.89. The Kier molecular flexibility index (Phi) is 4.91. The molecule has 2 heterocycles. The van der Waals surface area contributed by atoms with Crippen LogP contribution in [0.1, 0.15) is 49.6 Å². The van der Waals surface area contributed by atoms with E-state index in [-0.39, 0.29) is 0 Å². The maximum absolute atomic E-state index is 6.12. The van der Waals surface area contributed by atoms with Gasteiger partial charge >= 0.3 is 0 Å². The molecule has 6 heteroatoms. The minimum absolute atomic E-state index is 0.442. The van der Waals surface area contributed by atoms with Gasteiger partial charge < -0.3 is 19.0 Å². The Morgan fingerprint density at radius 1 is 1.13 bits per heavy atom. The largest absolute Gasteiger partial charge is 0.494 e. The van der Waals surface area contributed by atoms with Crippen molar-refractivity contribution >= 4 is 22.5 Å². The number of hydrogen-bond acceptors (Lipinski definition) is 5. The van der Waals surface area contributed by atoms with Crippen LogP contribution in [0.5, 0.6) is 5.75 Å². The van der Waals surface area contributed by atoms with Gasteiger partial charge in [-0.1, -0.05) is 25.3 Å². The molecule has 2 aromatic carbocycles. The maximum atomic E-state index is 6.12. The number of aromatic nitrogens is 3. The van der Waals surface area contributed by atoms with E-state index in [9.17, 15) is 0 Å². The number of nitrogens with one attached hydrogen (secondary N) is 1.